The average Bonchev–Trinajstić information content (AvgIpc) is 2.11. The smallest absolute Gasteiger partial charge is 0.213 e. The van der Waals surface area contributed by atoms with Crippen LogP contribution in [-0.2, 0) is 0 Å². The van der Waals surface area contributed by atoms with Crippen LogP contribution < -0.4 is 11.1 Å². The van der Waals surface area contributed by atoms with Gasteiger partial charge in [-0.05, 0) is 25.3 Å². The quantitative estimate of drug-likeness (QED) is 0.685. The van der Waals surface area contributed by atoms with E-state index in [1.807, 2.05) is 13.1 Å². The minimum absolute atomic E-state index is 0.468. The van der Waals surface area contributed by atoms with Crippen LogP contribution in [0.25, 0.3) is 6.08 Å². The summed E-state index contributed by atoms with van der Waals surface area (Å²) in [6.45, 7) is 0.706. The Hall–Kier alpha value is -1.42. The lowest BCUT2D eigenvalue weighted by atomic mass is 10.3. The van der Waals surface area contributed by atoms with E-state index in [4.69, 9.17) is 5.73 Å². The van der Waals surface area contributed by atoms with E-state index < -0.39 is 5.95 Å². The van der Waals surface area contributed by atoms with E-state index in [-0.39, 0.29) is 0 Å². The van der Waals surface area contributed by atoms with E-state index >= 15 is 0 Å². The fraction of sp³-hybridized carbons (Fsp3) is 0.222. The van der Waals surface area contributed by atoms with E-state index in [9.17, 15) is 4.39 Å². The Morgan fingerprint density at radius 3 is 3.08 bits per heavy atom. The molecule has 0 spiro atoms. The number of nitrogens with zero attached hydrogens (tertiary/aromatic N) is 1. The van der Waals surface area contributed by atoms with Crippen LogP contribution in [0.3, 0.4) is 0 Å². The molecule has 0 amide bonds. The van der Waals surface area contributed by atoms with Crippen molar-refractivity contribution >= 4 is 11.8 Å². The van der Waals surface area contributed by atoms with E-state index in [1.165, 1.54) is 12.1 Å². The minimum atomic E-state index is -0.515. The van der Waals surface area contributed by atoms with Gasteiger partial charge in [-0.15, -0.1) is 0 Å². The van der Waals surface area contributed by atoms with Crippen LogP contribution in [0.1, 0.15) is 5.69 Å². The van der Waals surface area contributed by atoms with Crippen molar-refractivity contribution in [1.29, 1.82) is 0 Å². The Balaban J connectivity index is 2.81. The molecule has 1 rings (SSSR count). The first-order valence-corrected chi connectivity index (χ1v) is 3.97. The highest BCUT2D eigenvalue weighted by molar-refractivity contribution is 5.60. The second-order valence-corrected chi connectivity index (χ2v) is 2.57. The molecule has 0 saturated heterocycles. The van der Waals surface area contributed by atoms with Gasteiger partial charge in [0.15, 0.2) is 0 Å². The number of likely N-dealkylation sites (N-methyl/N-ethyl adjacent to an activating group) is 1. The van der Waals surface area contributed by atoms with Gasteiger partial charge in [0.25, 0.3) is 0 Å². The van der Waals surface area contributed by atoms with Crippen LogP contribution >= 0.6 is 0 Å². The lowest BCUT2D eigenvalue weighted by Gasteiger charge is -1.98. The van der Waals surface area contributed by atoms with Gasteiger partial charge in [-0.1, -0.05) is 6.08 Å². The number of pyridine rings is 1. The number of hydrogen-bond acceptors (Lipinski definition) is 3. The molecule has 1 aromatic rings. The van der Waals surface area contributed by atoms with Gasteiger partial charge in [-0.3, -0.25) is 0 Å². The summed E-state index contributed by atoms with van der Waals surface area (Å²) < 4.78 is 12.6. The summed E-state index contributed by atoms with van der Waals surface area (Å²) in [6, 6.07) is 2.74. The number of aromatic nitrogens is 1. The largest absolute Gasteiger partial charge is 0.397 e. The average molecular weight is 181 g/mol. The summed E-state index contributed by atoms with van der Waals surface area (Å²) in [5, 5.41) is 2.92. The Morgan fingerprint density at radius 1 is 1.62 bits per heavy atom. The molecule has 0 aliphatic heterocycles. The third-order valence-electron chi connectivity index (χ3n) is 1.52. The van der Waals surface area contributed by atoms with Crippen molar-refractivity contribution in [3.05, 3.63) is 29.9 Å². The van der Waals surface area contributed by atoms with E-state index in [0.717, 1.165) is 0 Å². The number of hydrogen-bond donors (Lipinski definition) is 2. The molecule has 0 aromatic carbocycles. The molecule has 0 bridgehead atoms. The normalized spacial score (nSPS) is 10.9. The summed E-state index contributed by atoms with van der Waals surface area (Å²) >= 11 is 0. The Morgan fingerprint density at radius 2 is 2.38 bits per heavy atom. The predicted molar refractivity (Wildman–Crippen MR) is 51.6 cm³/mol. The Kier molecular flexibility index (Phi) is 3.40. The SMILES string of the molecule is CNCC=Cc1nc(F)ccc1N. The maximum absolute atomic E-state index is 12.6. The molecular formula is C9H12FN3. The molecule has 0 aliphatic rings. The number of nitrogens with two attached hydrogens (primary N) is 1. The third kappa shape index (κ3) is 2.83. The van der Waals surface area contributed by atoms with Gasteiger partial charge in [-0.25, -0.2) is 4.98 Å². The number of nitrogens with one attached hydrogen (secondary N) is 1. The van der Waals surface area contributed by atoms with E-state index in [1.54, 1.807) is 6.08 Å². The molecule has 1 heterocycles. The topological polar surface area (TPSA) is 50.9 Å². The Labute approximate surface area is 76.5 Å². The molecule has 70 valence electrons. The van der Waals surface area contributed by atoms with Crippen LogP contribution in [0.15, 0.2) is 18.2 Å². The molecule has 0 unspecified atom stereocenters. The zero-order chi connectivity index (χ0) is 9.68. The molecule has 0 radical (unpaired) electrons. The van der Waals surface area contributed by atoms with Gasteiger partial charge >= 0.3 is 0 Å². The highest BCUT2D eigenvalue weighted by Gasteiger charge is 1.97. The molecule has 0 saturated carbocycles. The number of anilines is 1. The molecular weight excluding hydrogens is 169 g/mol. The number of nitrogen functional groups attached to an aromatic ring is 1. The first kappa shape index (κ1) is 9.67. The molecule has 0 atom stereocenters. The fourth-order valence-electron chi connectivity index (χ4n) is 0.883. The van der Waals surface area contributed by atoms with E-state index in [0.29, 0.717) is 17.9 Å². The molecule has 3 N–H and O–H groups in total. The molecule has 4 heteroatoms. The summed E-state index contributed by atoms with van der Waals surface area (Å²) in [7, 11) is 1.83. The van der Waals surface area contributed by atoms with Crippen molar-refractivity contribution in [2.75, 3.05) is 19.3 Å². The van der Waals surface area contributed by atoms with Gasteiger partial charge in [0.1, 0.15) is 0 Å². The van der Waals surface area contributed by atoms with Gasteiger partial charge in [0, 0.05) is 6.54 Å². The maximum atomic E-state index is 12.6. The molecule has 1 aromatic heterocycles. The third-order valence-corrected chi connectivity index (χ3v) is 1.52. The number of rotatable bonds is 3. The lowest BCUT2D eigenvalue weighted by Crippen LogP contribution is -2.04. The molecule has 0 aliphatic carbocycles. The van der Waals surface area contributed by atoms with Gasteiger partial charge in [0.2, 0.25) is 5.95 Å². The van der Waals surface area contributed by atoms with Crippen molar-refractivity contribution in [3.63, 3.8) is 0 Å². The van der Waals surface area contributed by atoms with Gasteiger partial charge < -0.3 is 11.1 Å². The van der Waals surface area contributed by atoms with Crippen LogP contribution in [-0.4, -0.2) is 18.6 Å². The van der Waals surface area contributed by atoms with Gasteiger partial charge in [-0.2, -0.15) is 4.39 Å². The second kappa shape index (κ2) is 4.57. The van der Waals surface area contributed by atoms with Crippen molar-refractivity contribution in [2.24, 2.45) is 0 Å². The van der Waals surface area contributed by atoms with Crippen molar-refractivity contribution in [1.82, 2.24) is 10.3 Å². The van der Waals surface area contributed by atoms with Crippen molar-refractivity contribution < 1.29 is 4.39 Å². The van der Waals surface area contributed by atoms with Gasteiger partial charge in [0.05, 0.1) is 11.4 Å². The molecule has 0 fully saturated rings. The maximum Gasteiger partial charge on any atom is 0.213 e. The predicted octanol–water partition coefficient (Wildman–Crippen LogP) is 1.04. The monoisotopic (exact) mass is 181 g/mol. The van der Waals surface area contributed by atoms with Crippen LogP contribution in [0, 0.1) is 5.95 Å². The standard InChI is InChI=1S/C9H12FN3/c1-12-6-2-3-8-7(11)4-5-9(10)13-8/h2-5,12H,6,11H2,1H3. The van der Waals surface area contributed by atoms with Crippen LogP contribution in [0.4, 0.5) is 10.1 Å². The zero-order valence-corrected chi connectivity index (χ0v) is 7.42. The molecule has 3 nitrogen and oxygen atoms in total. The lowest BCUT2D eigenvalue weighted by molar-refractivity contribution is 0.583. The highest BCUT2D eigenvalue weighted by atomic mass is 19.1. The second-order valence-electron chi connectivity index (χ2n) is 2.57. The zero-order valence-electron chi connectivity index (χ0n) is 7.42. The Bertz CT molecular complexity index is 310. The highest BCUT2D eigenvalue weighted by Crippen LogP contribution is 2.10. The molecule has 13 heavy (non-hydrogen) atoms. The fourth-order valence-corrected chi connectivity index (χ4v) is 0.883. The van der Waals surface area contributed by atoms with Crippen LogP contribution in [0.5, 0.6) is 0 Å². The number of halogens is 1. The first-order chi connectivity index (χ1) is 6.24. The summed E-state index contributed by atoms with van der Waals surface area (Å²) in [5.74, 6) is -0.515. The summed E-state index contributed by atoms with van der Waals surface area (Å²) in [6.07, 6.45) is 3.52. The van der Waals surface area contributed by atoms with E-state index in [2.05, 4.69) is 10.3 Å². The summed E-state index contributed by atoms with van der Waals surface area (Å²) in [5.41, 5.74) is 6.52. The first-order valence-electron chi connectivity index (χ1n) is 3.97. The van der Waals surface area contributed by atoms with Crippen molar-refractivity contribution in [2.45, 2.75) is 0 Å². The van der Waals surface area contributed by atoms with Crippen molar-refractivity contribution in [3.8, 4) is 0 Å². The van der Waals surface area contributed by atoms with Crippen LogP contribution in [0.2, 0.25) is 0 Å². The minimum Gasteiger partial charge on any atom is -0.397 e. The summed E-state index contributed by atoms with van der Waals surface area (Å²) in [4.78, 5) is 3.64.